The van der Waals surface area contributed by atoms with Gasteiger partial charge in [0.25, 0.3) is 0 Å². The first-order valence-electron chi connectivity index (χ1n) is 5.24. The van der Waals surface area contributed by atoms with Crippen molar-refractivity contribution in [1.29, 1.82) is 0 Å². The van der Waals surface area contributed by atoms with Crippen molar-refractivity contribution < 1.29 is 9.53 Å². The molecule has 1 heterocycles. The first kappa shape index (κ1) is 10.5. The van der Waals surface area contributed by atoms with E-state index in [1.165, 1.54) is 0 Å². The molecule has 84 valence electrons. The third-order valence-corrected chi connectivity index (χ3v) is 2.60. The van der Waals surface area contributed by atoms with Crippen LogP contribution in [-0.4, -0.2) is 11.1 Å². The average molecular weight is 218 g/mol. The Balaban J connectivity index is 2.41. The lowest BCUT2D eigenvalue weighted by molar-refractivity contribution is 0.105. The van der Waals surface area contributed by atoms with Crippen molar-refractivity contribution in [2.45, 2.75) is 19.4 Å². The van der Waals surface area contributed by atoms with Crippen LogP contribution in [0.3, 0.4) is 0 Å². The number of carbonyl (C=O) groups is 1. The van der Waals surface area contributed by atoms with Crippen molar-refractivity contribution in [3.8, 4) is 0 Å². The Kier molecular flexibility index (Phi) is 2.81. The van der Waals surface area contributed by atoms with Crippen LogP contribution in [0.2, 0.25) is 0 Å². The van der Waals surface area contributed by atoms with Crippen LogP contribution >= 0.6 is 0 Å². The van der Waals surface area contributed by atoms with Crippen LogP contribution in [0.15, 0.2) is 30.5 Å². The number of nitrogens with two attached hydrogens (primary N) is 1. The molecule has 0 aliphatic rings. The number of hydrogen-bond donors (Lipinski definition) is 2. The molecule has 0 bridgehead atoms. The highest BCUT2D eigenvalue weighted by atomic mass is 16.6. The average Bonchev–Trinajstić information content (AvgIpc) is 2.69. The van der Waals surface area contributed by atoms with Gasteiger partial charge in [-0.1, -0.05) is 25.1 Å². The Morgan fingerprint density at radius 2 is 2.25 bits per heavy atom. The van der Waals surface area contributed by atoms with E-state index in [1.807, 2.05) is 37.4 Å². The molecule has 4 nitrogen and oxygen atoms in total. The fourth-order valence-electron chi connectivity index (χ4n) is 1.87. The summed E-state index contributed by atoms with van der Waals surface area (Å²) >= 11 is 0. The molecule has 1 aromatic heterocycles. The molecular weight excluding hydrogens is 204 g/mol. The Morgan fingerprint density at radius 1 is 1.50 bits per heavy atom. The van der Waals surface area contributed by atoms with Gasteiger partial charge < -0.3 is 15.5 Å². The quantitative estimate of drug-likeness (QED) is 0.831. The molecular formula is C12H14N2O2. The van der Waals surface area contributed by atoms with Crippen LogP contribution in [0.1, 0.15) is 25.0 Å². The third kappa shape index (κ3) is 1.86. The highest BCUT2D eigenvalue weighted by Crippen LogP contribution is 2.28. The minimum absolute atomic E-state index is 0.284. The van der Waals surface area contributed by atoms with Crippen molar-refractivity contribution in [2.24, 2.45) is 5.73 Å². The molecule has 0 spiro atoms. The van der Waals surface area contributed by atoms with Gasteiger partial charge in [0.15, 0.2) is 0 Å². The fraction of sp³-hybridized carbons (Fsp3) is 0.250. The van der Waals surface area contributed by atoms with Crippen molar-refractivity contribution in [3.05, 3.63) is 36.0 Å². The lowest BCUT2D eigenvalue weighted by Crippen LogP contribution is -2.16. The summed E-state index contributed by atoms with van der Waals surface area (Å²) in [5.74, 6) is 0. The molecule has 1 atom stereocenters. The van der Waals surface area contributed by atoms with E-state index >= 15 is 0 Å². The SMILES string of the molecule is CCC(OC(N)=O)c1c[nH]c2ccccc12. The Labute approximate surface area is 93.4 Å². The standard InChI is InChI=1S/C12H14N2O2/c1-2-11(16-12(13)15)9-7-14-10-6-4-3-5-8(9)10/h3-7,11,14H,2H2,1H3,(H2,13,15). The van der Waals surface area contributed by atoms with Crippen molar-refractivity contribution in [1.82, 2.24) is 4.98 Å². The first-order chi connectivity index (χ1) is 7.72. The van der Waals surface area contributed by atoms with Crippen LogP contribution in [0, 0.1) is 0 Å². The summed E-state index contributed by atoms with van der Waals surface area (Å²) < 4.78 is 5.07. The lowest BCUT2D eigenvalue weighted by Gasteiger charge is -2.13. The maximum absolute atomic E-state index is 10.8. The summed E-state index contributed by atoms with van der Waals surface area (Å²) in [6.45, 7) is 1.95. The van der Waals surface area contributed by atoms with E-state index in [4.69, 9.17) is 10.5 Å². The highest BCUT2D eigenvalue weighted by Gasteiger charge is 2.16. The second-order valence-corrected chi connectivity index (χ2v) is 3.62. The molecule has 0 radical (unpaired) electrons. The molecule has 0 aliphatic carbocycles. The van der Waals surface area contributed by atoms with E-state index in [9.17, 15) is 4.79 Å². The number of aromatic amines is 1. The minimum Gasteiger partial charge on any atom is -0.441 e. The smallest absolute Gasteiger partial charge is 0.405 e. The molecule has 1 aromatic carbocycles. The first-order valence-corrected chi connectivity index (χ1v) is 5.24. The maximum Gasteiger partial charge on any atom is 0.405 e. The topological polar surface area (TPSA) is 68.1 Å². The molecule has 0 fully saturated rings. The summed E-state index contributed by atoms with van der Waals surface area (Å²) in [6.07, 6.45) is 1.54. The number of benzene rings is 1. The molecule has 4 heteroatoms. The zero-order valence-electron chi connectivity index (χ0n) is 9.07. The van der Waals surface area contributed by atoms with E-state index in [0.29, 0.717) is 6.42 Å². The van der Waals surface area contributed by atoms with E-state index in [0.717, 1.165) is 16.5 Å². The van der Waals surface area contributed by atoms with Crippen LogP contribution in [0.5, 0.6) is 0 Å². The van der Waals surface area contributed by atoms with Crippen LogP contribution in [-0.2, 0) is 4.74 Å². The monoisotopic (exact) mass is 218 g/mol. The summed E-state index contributed by atoms with van der Waals surface area (Å²) in [5.41, 5.74) is 7.05. The number of primary amides is 1. The number of hydrogen-bond acceptors (Lipinski definition) is 2. The number of ether oxygens (including phenoxy) is 1. The number of para-hydroxylation sites is 1. The lowest BCUT2D eigenvalue weighted by atomic mass is 10.1. The van der Waals surface area contributed by atoms with Gasteiger partial charge in [0.05, 0.1) is 0 Å². The second-order valence-electron chi connectivity index (χ2n) is 3.62. The van der Waals surface area contributed by atoms with E-state index < -0.39 is 6.09 Å². The second kappa shape index (κ2) is 4.26. The Bertz CT molecular complexity index is 504. The molecule has 2 aromatic rings. The van der Waals surface area contributed by atoms with E-state index in [-0.39, 0.29) is 6.10 Å². The van der Waals surface area contributed by atoms with Gasteiger partial charge in [-0.05, 0) is 12.5 Å². The largest absolute Gasteiger partial charge is 0.441 e. The summed E-state index contributed by atoms with van der Waals surface area (Å²) in [5, 5.41) is 1.07. The third-order valence-electron chi connectivity index (χ3n) is 2.60. The van der Waals surface area contributed by atoms with Crippen molar-refractivity contribution >= 4 is 17.0 Å². The van der Waals surface area contributed by atoms with E-state index in [2.05, 4.69) is 4.98 Å². The molecule has 0 saturated heterocycles. The van der Waals surface area contributed by atoms with Gasteiger partial charge in [-0.15, -0.1) is 0 Å². The molecule has 2 rings (SSSR count). The molecule has 0 aliphatic heterocycles. The van der Waals surface area contributed by atoms with Crippen LogP contribution < -0.4 is 5.73 Å². The van der Waals surface area contributed by atoms with Gasteiger partial charge in [-0.3, -0.25) is 0 Å². The van der Waals surface area contributed by atoms with E-state index in [1.54, 1.807) is 0 Å². The Hall–Kier alpha value is -1.97. The number of fused-ring (bicyclic) bond motifs is 1. The number of aromatic nitrogens is 1. The molecule has 1 amide bonds. The van der Waals surface area contributed by atoms with Crippen molar-refractivity contribution in [2.75, 3.05) is 0 Å². The maximum atomic E-state index is 10.8. The molecule has 16 heavy (non-hydrogen) atoms. The normalized spacial score (nSPS) is 12.6. The summed E-state index contributed by atoms with van der Waals surface area (Å²) in [4.78, 5) is 13.9. The number of H-pyrrole nitrogens is 1. The number of rotatable bonds is 3. The molecule has 0 saturated carbocycles. The van der Waals surface area contributed by atoms with Crippen LogP contribution in [0.4, 0.5) is 4.79 Å². The van der Waals surface area contributed by atoms with Crippen LogP contribution in [0.25, 0.3) is 10.9 Å². The summed E-state index contributed by atoms with van der Waals surface area (Å²) in [6, 6.07) is 7.89. The molecule has 1 unspecified atom stereocenters. The van der Waals surface area contributed by atoms with Gasteiger partial charge in [0.1, 0.15) is 6.10 Å². The molecule has 3 N–H and O–H groups in total. The van der Waals surface area contributed by atoms with Gasteiger partial charge in [0.2, 0.25) is 0 Å². The minimum atomic E-state index is -0.739. The number of nitrogens with one attached hydrogen (secondary N) is 1. The number of amides is 1. The van der Waals surface area contributed by atoms with Gasteiger partial charge >= 0.3 is 6.09 Å². The summed E-state index contributed by atoms with van der Waals surface area (Å²) in [7, 11) is 0. The zero-order valence-corrected chi connectivity index (χ0v) is 9.07. The predicted molar refractivity (Wildman–Crippen MR) is 62.0 cm³/mol. The van der Waals surface area contributed by atoms with Gasteiger partial charge in [-0.2, -0.15) is 0 Å². The highest BCUT2D eigenvalue weighted by molar-refractivity contribution is 5.83. The van der Waals surface area contributed by atoms with Gasteiger partial charge in [0, 0.05) is 22.7 Å². The predicted octanol–water partition coefficient (Wildman–Crippen LogP) is 2.71. The Morgan fingerprint density at radius 3 is 2.94 bits per heavy atom. The zero-order chi connectivity index (χ0) is 11.5. The number of carbonyl (C=O) groups excluding carboxylic acids is 1. The van der Waals surface area contributed by atoms with Crippen molar-refractivity contribution in [3.63, 3.8) is 0 Å². The van der Waals surface area contributed by atoms with Gasteiger partial charge in [-0.25, -0.2) is 4.79 Å². The fourth-order valence-corrected chi connectivity index (χ4v) is 1.87.